The van der Waals surface area contributed by atoms with Crippen molar-refractivity contribution in [1.29, 1.82) is 0 Å². The zero-order valence-corrected chi connectivity index (χ0v) is 34.8. The van der Waals surface area contributed by atoms with Crippen LogP contribution in [0.5, 0.6) is 0 Å². The molecule has 58 heavy (non-hydrogen) atoms. The summed E-state index contributed by atoms with van der Waals surface area (Å²) in [6, 6.07) is -9.42. The predicted molar refractivity (Wildman–Crippen MR) is 211 cm³/mol. The molecule has 2 aliphatic heterocycles. The first-order chi connectivity index (χ1) is 27.4. The van der Waals surface area contributed by atoms with E-state index in [9.17, 15) is 58.5 Å². The SMILES string of the molecule is CSCC[C@H](NC(=O)[C@@H](N)CO)C(=O)N1CCC[C@H]1C(=O)N[C@@H](CCC(=O)O)C(=O)N[C@@H](CC(C)C)C(=O)N[C@@H](CO)C(=O)N1CCC[C@H]1C(=O)N[C@H](C=O)C(C)C. The number of aliphatic hydroxyl groups excluding tert-OH is 2. The van der Waals surface area contributed by atoms with Gasteiger partial charge < -0.3 is 62.2 Å². The van der Waals surface area contributed by atoms with Gasteiger partial charge in [-0.15, -0.1) is 0 Å². The van der Waals surface area contributed by atoms with E-state index < -0.39 is 115 Å². The number of nitrogens with zero attached hydrogens (tertiary/aromatic N) is 2. The number of likely N-dealkylation sites (tertiary alicyclic amines) is 2. The van der Waals surface area contributed by atoms with Gasteiger partial charge in [-0.25, -0.2) is 0 Å². The van der Waals surface area contributed by atoms with E-state index in [2.05, 4.69) is 26.6 Å². The van der Waals surface area contributed by atoms with Crippen molar-refractivity contribution < 1.29 is 58.5 Å². The average molecular weight is 843 g/mol. The van der Waals surface area contributed by atoms with Gasteiger partial charge in [-0.2, -0.15) is 11.8 Å². The first kappa shape index (κ1) is 49.8. The number of thioether (sulfide) groups is 1. The Labute approximate surface area is 342 Å². The first-order valence-corrected chi connectivity index (χ1v) is 21.1. The largest absolute Gasteiger partial charge is 0.481 e. The average Bonchev–Trinajstić information content (AvgIpc) is 3.88. The minimum absolute atomic E-state index is 0.0362. The number of aldehydes is 1. The number of carbonyl (C=O) groups excluding carboxylic acids is 8. The smallest absolute Gasteiger partial charge is 0.303 e. The van der Waals surface area contributed by atoms with Crippen molar-refractivity contribution in [3.05, 3.63) is 0 Å². The maximum absolute atomic E-state index is 13.8. The van der Waals surface area contributed by atoms with E-state index in [1.807, 2.05) is 6.26 Å². The van der Waals surface area contributed by atoms with Crippen LogP contribution in [0.4, 0.5) is 0 Å². The van der Waals surface area contributed by atoms with Crippen molar-refractivity contribution in [3.8, 4) is 0 Å². The second-order valence-electron chi connectivity index (χ2n) is 15.4. The molecular formula is C37H62N8O12S. The van der Waals surface area contributed by atoms with Crippen molar-refractivity contribution in [2.24, 2.45) is 17.6 Å². The van der Waals surface area contributed by atoms with Crippen LogP contribution in [-0.2, 0) is 43.2 Å². The van der Waals surface area contributed by atoms with Gasteiger partial charge in [0.05, 0.1) is 19.3 Å². The lowest BCUT2D eigenvalue weighted by Gasteiger charge is -2.31. The first-order valence-electron chi connectivity index (χ1n) is 19.7. The normalized spacial score (nSPS) is 19.7. The number of nitrogens with one attached hydrogen (secondary N) is 5. The summed E-state index contributed by atoms with van der Waals surface area (Å²) < 4.78 is 0. The van der Waals surface area contributed by atoms with E-state index >= 15 is 0 Å². The quantitative estimate of drug-likeness (QED) is 0.0445. The molecule has 2 heterocycles. The van der Waals surface area contributed by atoms with Crippen LogP contribution < -0.4 is 32.3 Å². The molecule has 2 saturated heterocycles. The van der Waals surface area contributed by atoms with E-state index in [-0.39, 0.29) is 50.6 Å². The Morgan fingerprint density at radius 2 is 1.24 bits per heavy atom. The number of nitrogens with two attached hydrogens (primary N) is 1. The van der Waals surface area contributed by atoms with Crippen LogP contribution in [0, 0.1) is 11.8 Å². The van der Waals surface area contributed by atoms with Gasteiger partial charge in [0.2, 0.25) is 41.4 Å². The van der Waals surface area contributed by atoms with Crippen LogP contribution in [-0.4, -0.2) is 165 Å². The highest BCUT2D eigenvalue weighted by Crippen LogP contribution is 2.22. The molecule has 10 N–H and O–H groups in total. The maximum atomic E-state index is 13.8. The summed E-state index contributed by atoms with van der Waals surface area (Å²) >= 11 is 1.42. The molecule has 20 nitrogen and oxygen atoms in total. The summed E-state index contributed by atoms with van der Waals surface area (Å²) in [5.41, 5.74) is 5.63. The van der Waals surface area contributed by atoms with Crippen LogP contribution in [0.1, 0.15) is 79.1 Å². The number of carboxylic acids is 1. The third kappa shape index (κ3) is 14.8. The lowest BCUT2D eigenvalue weighted by atomic mass is 10.0. The highest BCUT2D eigenvalue weighted by molar-refractivity contribution is 7.98. The fourth-order valence-corrected chi connectivity index (χ4v) is 7.19. The van der Waals surface area contributed by atoms with E-state index in [1.54, 1.807) is 27.7 Å². The molecular weight excluding hydrogens is 781 g/mol. The van der Waals surface area contributed by atoms with Gasteiger partial charge in [0.15, 0.2) is 0 Å². The fourth-order valence-electron chi connectivity index (χ4n) is 6.72. The monoisotopic (exact) mass is 842 g/mol. The van der Waals surface area contributed by atoms with Crippen LogP contribution in [0.3, 0.4) is 0 Å². The lowest BCUT2D eigenvalue weighted by Crippen LogP contribution is -2.60. The van der Waals surface area contributed by atoms with Crippen LogP contribution >= 0.6 is 11.8 Å². The molecule has 0 bridgehead atoms. The Balaban J connectivity index is 2.25. The Bertz CT molecular complexity index is 1470. The minimum Gasteiger partial charge on any atom is -0.481 e. The molecule has 0 aromatic carbocycles. The van der Waals surface area contributed by atoms with E-state index in [4.69, 9.17) is 5.73 Å². The summed E-state index contributed by atoms with van der Waals surface area (Å²) in [6.45, 7) is 5.85. The number of hydrogen-bond donors (Lipinski definition) is 9. The van der Waals surface area contributed by atoms with E-state index in [0.717, 1.165) is 0 Å². The molecule has 2 rings (SSSR count). The van der Waals surface area contributed by atoms with Crippen LogP contribution in [0.2, 0.25) is 0 Å². The third-order valence-corrected chi connectivity index (χ3v) is 10.7. The molecule has 0 unspecified atom stereocenters. The molecule has 0 spiro atoms. The van der Waals surface area contributed by atoms with Crippen molar-refractivity contribution in [3.63, 3.8) is 0 Å². The fraction of sp³-hybridized carbons (Fsp3) is 0.757. The van der Waals surface area contributed by atoms with Gasteiger partial charge in [0.25, 0.3) is 0 Å². The number of aliphatic hydroxyl groups is 2. The molecule has 0 aromatic heterocycles. The minimum atomic E-state index is -1.50. The molecule has 328 valence electrons. The standard InChI is InChI=1S/C37H62N8O12S/c1-20(2)16-25(33(53)43-27(19-48)37(57)45-14-7-9-29(45)35(55)42-26(18-47)21(3)4)41-32(52)23(10-11-30(49)50)39-34(54)28-8-6-13-44(28)36(56)24(12-15-58-5)40-31(51)22(38)17-46/h18,20-29,46,48H,6-17,19,38H2,1-5H3,(H,39,54)(H,40,51)(H,41,52)(H,42,55)(H,43,53)(H,49,50)/t22-,23-,24-,25-,26+,27-,28-,29-/m0/s1. The zero-order chi connectivity index (χ0) is 43.7. The summed E-state index contributed by atoms with van der Waals surface area (Å²) in [4.78, 5) is 120. The van der Waals surface area contributed by atoms with E-state index in [1.165, 1.54) is 21.6 Å². The number of hydrogen-bond acceptors (Lipinski definition) is 13. The van der Waals surface area contributed by atoms with Gasteiger partial charge >= 0.3 is 5.97 Å². The summed E-state index contributed by atoms with van der Waals surface area (Å²) in [6.07, 6.45) is 3.10. The third-order valence-electron chi connectivity index (χ3n) is 10.0. The van der Waals surface area contributed by atoms with Crippen molar-refractivity contribution in [1.82, 2.24) is 36.4 Å². The summed E-state index contributed by atoms with van der Waals surface area (Å²) in [7, 11) is 0. The topological polar surface area (TPSA) is 307 Å². The van der Waals surface area contributed by atoms with Crippen molar-refractivity contribution in [2.75, 3.05) is 38.3 Å². The van der Waals surface area contributed by atoms with Crippen LogP contribution in [0.15, 0.2) is 0 Å². The Morgan fingerprint density at radius 1 is 0.724 bits per heavy atom. The molecule has 0 aliphatic carbocycles. The van der Waals surface area contributed by atoms with Crippen LogP contribution in [0.25, 0.3) is 0 Å². The number of aliphatic carboxylic acids is 1. The number of amides is 7. The Morgan fingerprint density at radius 3 is 1.72 bits per heavy atom. The van der Waals surface area contributed by atoms with Crippen molar-refractivity contribution >= 4 is 65.4 Å². The van der Waals surface area contributed by atoms with E-state index in [0.29, 0.717) is 31.3 Å². The molecule has 7 amide bonds. The molecule has 2 aliphatic rings. The number of rotatable bonds is 24. The molecule has 21 heteroatoms. The number of carbonyl (C=O) groups is 9. The van der Waals surface area contributed by atoms with Gasteiger partial charge in [-0.05, 0) is 68.8 Å². The lowest BCUT2D eigenvalue weighted by molar-refractivity contribution is -0.143. The highest BCUT2D eigenvalue weighted by atomic mass is 32.2. The molecule has 2 fully saturated rings. The van der Waals surface area contributed by atoms with Crippen molar-refractivity contribution in [2.45, 2.75) is 127 Å². The van der Waals surface area contributed by atoms with Gasteiger partial charge in [0, 0.05) is 19.5 Å². The highest BCUT2D eigenvalue weighted by Gasteiger charge is 2.41. The molecule has 0 aromatic rings. The predicted octanol–water partition coefficient (Wildman–Crippen LogP) is -2.78. The second kappa shape index (κ2) is 24.6. The van der Waals surface area contributed by atoms with Gasteiger partial charge in [0.1, 0.15) is 48.6 Å². The van der Waals surface area contributed by atoms with Gasteiger partial charge in [-0.1, -0.05) is 27.7 Å². The summed E-state index contributed by atoms with van der Waals surface area (Å²) in [5.74, 6) is -6.33. The second-order valence-corrected chi connectivity index (χ2v) is 16.3. The Hall–Kier alpha value is -4.34. The molecule has 0 radical (unpaired) electrons. The summed E-state index contributed by atoms with van der Waals surface area (Å²) in [5, 5.41) is 41.7. The number of carboxylic acid groups (broad SMARTS) is 1. The molecule has 8 atom stereocenters. The molecule has 0 saturated carbocycles. The Kier molecular flexibility index (Phi) is 21.1. The maximum Gasteiger partial charge on any atom is 0.303 e. The van der Waals surface area contributed by atoms with Gasteiger partial charge in [-0.3, -0.25) is 38.4 Å². The zero-order valence-electron chi connectivity index (χ0n) is 33.9.